The molecular formula is C8H17N3O. The molecule has 4 nitrogen and oxygen atoms in total. The summed E-state index contributed by atoms with van der Waals surface area (Å²) >= 11 is 0. The van der Waals surface area contributed by atoms with Crippen LogP contribution in [-0.4, -0.2) is 42.6 Å². The molecule has 1 fully saturated rings. The number of carbonyl (C=O) groups is 1. The van der Waals surface area contributed by atoms with Gasteiger partial charge in [0.25, 0.3) is 0 Å². The normalized spacial score (nSPS) is 21.9. The van der Waals surface area contributed by atoms with E-state index >= 15 is 0 Å². The van der Waals surface area contributed by atoms with Crippen molar-refractivity contribution in [3.63, 3.8) is 0 Å². The maximum Gasteiger partial charge on any atom is 0.237 e. The van der Waals surface area contributed by atoms with E-state index in [0.717, 1.165) is 13.1 Å². The van der Waals surface area contributed by atoms with Gasteiger partial charge < -0.3 is 5.73 Å². The molecule has 1 heterocycles. The Labute approximate surface area is 73.3 Å². The number of hydrazine groups is 1. The minimum atomic E-state index is 0.208. The van der Waals surface area contributed by atoms with Crippen molar-refractivity contribution in [2.24, 2.45) is 11.7 Å². The van der Waals surface area contributed by atoms with Crippen molar-refractivity contribution in [1.82, 2.24) is 10.0 Å². The van der Waals surface area contributed by atoms with E-state index in [1.807, 2.05) is 7.05 Å². The molecule has 1 aliphatic rings. The topological polar surface area (TPSA) is 49.6 Å². The molecule has 1 unspecified atom stereocenters. The lowest BCUT2D eigenvalue weighted by Gasteiger charge is -2.26. The summed E-state index contributed by atoms with van der Waals surface area (Å²) in [6.07, 6.45) is 0.647. The zero-order valence-corrected chi connectivity index (χ0v) is 7.79. The van der Waals surface area contributed by atoms with Crippen molar-refractivity contribution in [2.45, 2.75) is 13.3 Å². The average Bonchev–Trinajstić information content (AvgIpc) is 2.36. The van der Waals surface area contributed by atoms with Crippen molar-refractivity contribution in [1.29, 1.82) is 0 Å². The molecule has 0 bridgehead atoms. The highest BCUT2D eigenvalue weighted by atomic mass is 16.2. The van der Waals surface area contributed by atoms with Gasteiger partial charge in [0, 0.05) is 26.6 Å². The minimum absolute atomic E-state index is 0.208. The van der Waals surface area contributed by atoms with Gasteiger partial charge in [-0.15, -0.1) is 0 Å². The lowest BCUT2D eigenvalue weighted by molar-refractivity contribution is -0.135. The molecule has 2 N–H and O–H groups in total. The number of amides is 1. The minimum Gasteiger partial charge on any atom is -0.330 e. The summed E-state index contributed by atoms with van der Waals surface area (Å²) in [6.45, 7) is 4.51. The molecule has 1 rings (SSSR count). The molecule has 1 amide bonds. The largest absolute Gasteiger partial charge is 0.330 e. The number of rotatable bonds is 3. The number of nitrogens with two attached hydrogens (primary N) is 1. The van der Waals surface area contributed by atoms with Crippen molar-refractivity contribution in [3.05, 3.63) is 0 Å². The van der Waals surface area contributed by atoms with E-state index in [1.165, 1.54) is 0 Å². The van der Waals surface area contributed by atoms with Crippen LogP contribution in [0.5, 0.6) is 0 Å². The molecule has 0 aromatic carbocycles. The Morgan fingerprint density at radius 3 is 2.75 bits per heavy atom. The smallest absolute Gasteiger partial charge is 0.237 e. The molecule has 0 aliphatic carbocycles. The van der Waals surface area contributed by atoms with Crippen LogP contribution in [0.25, 0.3) is 0 Å². The lowest BCUT2D eigenvalue weighted by atomic mass is 10.2. The van der Waals surface area contributed by atoms with Gasteiger partial charge in [-0.1, -0.05) is 6.92 Å². The van der Waals surface area contributed by atoms with E-state index < -0.39 is 0 Å². The van der Waals surface area contributed by atoms with Crippen LogP contribution in [0.15, 0.2) is 0 Å². The Morgan fingerprint density at radius 2 is 2.33 bits per heavy atom. The van der Waals surface area contributed by atoms with Gasteiger partial charge in [-0.05, 0) is 12.5 Å². The molecule has 0 spiro atoms. The quantitative estimate of drug-likeness (QED) is 0.632. The first-order valence-corrected chi connectivity index (χ1v) is 4.36. The maximum absolute atomic E-state index is 11.1. The van der Waals surface area contributed by atoms with Crippen LogP contribution >= 0.6 is 0 Å². The summed E-state index contributed by atoms with van der Waals surface area (Å²) in [5.41, 5.74) is 5.50. The second-order valence-electron chi connectivity index (χ2n) is 3.42. The summed E-state index contributed by atoms with van der Waals surface area (Å²) < 4.78 is 0. The molecule has 70 valence electrons. The SMILES string of the molecule is CC(CN)CN1CCC(=O)N1C. The van der Waals surface area contributed by atoms with Gasteiger partial charge in [-0.25, -0.2) is 5.01 Å². The summed E-state index contributed by atoms with van der Waals surface area (Å²) in [4.78, 5) is 11.1. The fourth-order valence-corrected chi connectivity index (χ4v) is 1.34. The van der Waals surface area contributed by atoms with Crippen LogP contribution in [0, 0.1) is 5.92 Å². The Balaban J connectivity index is 2.38. The van der Waals surface area contributed by atoms with E-state index in [-0.39, 0.29) is 5.91 Å². The van der Waals surface area contributed by atoms with Crippen LogP contribution in [-0.2, 0) is 4.79 Å². The first-order valence-electron chi connectivity index (χ1n) is 4.36. The van der Waals surface area contributed by atoms with Gasteiger partial charge >= 0.3 is 0 Å². The molecule has 0 radical (unpaired) electrons. The zero-order chi connectivity index (χ0) is 9.14. The third-order valence-electron chi connectivity index (χ3n) is 2.29. The second-order valence-corrected chi connectivity index (χ2v) is 3.42. The predicted octanol–water partition coefficient (Wildman–Crippen LogP) is -0.340. The Kier molecular flexibility index (Phi) is 3.05. The Hall–Kier alpha value is -0.610. The zero-order valence-electron chi connectivity index (χ0n) is 7.79. The predicted molar refractivity (Wildman–Crippen MR) is 47.2 cm³/mol. The molecule has 4 heteroatoms. The lowest BCUT2D eigenvalue weighted by Crippen LogP contribution is -2.39. The molecule has 1 atom stereocenters. The monoisotopic (exact) mass is 171 g/mol. The number of nitrogens with zero attached hydrogens (tertiary/aromatic N) is 2. The van der Waals surface area contributed by atoms with Crippen LogP contribution in [0.2, 0.25) is 0 Å². The fraction of sp³-hybridized carbons (Fsp3) is 0.875. The van der Waals surface area contributed by atoms with E-state index in [9.17, 15) is 4.79 Å². The summed E-state index contributed by atoms with van der Waals surface area (Å²) in [6, 6.07) is 0. The third-order valence-corrected chi connectivity index (χ3v) is 2.29. The van der Waals surface area contributed by atoms with Crippen molar-refractivity contribution in [2.75, 3.05) is 26.7 Å². The van der Waals surface area contributed by atoms with E-state index in [4.69, 9.17) is 5.73 Å². The van der Waals surface area contributed by atoms with Gasteiger partial charge in [0.2, 0.25) is 5.91 Å². The van der Waals surface area contributed by atoms with Gasteiger partial charge in [0.05, 0.1) is 0 Å². The summed E-state index contributed by atoms with van der Waals surface area (Å²) in [5.74, 6) is 0.664. The molecule has 1 aliphatic heterocycles. The third kappa shape index (κ3) is 1.95. The first kappa shape index (κ1) is 9.48. The van der Waals surface area contributed by atoms with Crippen LogP contribution in [0.4, 0.5) is 0 Å². The highest BCUT2D eigenvalue weighted by Crippen LogP contribution is 2.11. The van der Waals surface area contributed by atoms with Gasteiger partial charge in [0.15, 0.2) is 0 Å². The molecule has 0 saturated carbocycles. The Morgan fingerprint density at radius 1 is 1.67 bits per heavy atom. The van der Waals surface area contributed by atoms with Crippen LogP contribution < -0.4 is 5.73 Å². The number of carbonyl (C=O) groups excluding carboxylic acids is 1. The molecule has 12 heavy (non-hydrogen) atoms. The fourth-order valence-electron chi connectivity index (χ4n) is 1.34. The van der Waals surface area contributed by atoms with Gasteiger partial charge in [-0.2, -0.15) is 0 Å². The summed E-state index contributed by atoms with van der Waals surface area (Å²) in [5, 5.41) is 3.76. The van der Waals surface area contributed by atoms with E-state index in [0.29, 0.717) is 18.9 Å². The second kappa shape index (κ2) is 3.87. The maximum atomic E-state index is 11.1. The van der Waals surface area contributed by atoms with E-state index in [2.05, 4.69) is 11.9 Å². The average molecular weight is 171 g/mol. The Bertz CT molecular complexity index is 172. The molecular weight excluding hydrogens is 154 g/mol. The van der Waals surface area contributed by atoms with Crippen molar-refractivity contribution >= 4 is 5.91 Å². The number of hydrogen-bond acceptors (Lipinski definition) is 3. The van der Waals surface area contributed by atoms with E-state index in [1.54, 1.807) is 5.01 Å². The number of hydrogen-bond donors (Lipinski definition) is 1. The van der Waals surface area contributed by atoms with Crippen molar-refractivity contribution < 1.29 is 4.79 Å². The molecule has 1 saturated heterocycles. The highest BCUT2D eigenvalue weighted by molar-refractivity contribution is 5.77. The van der Waals surface area contributed by atoms with Gasteiger partial charge in [0.1, 0.15) is 0 Å². The van der Waals surface area contributed by atoms with Gasteiger partial charge in [-0.3, -0.25) is 9.80 Å². The molecule has 0 aromatic heterocycles. The first-order chi connectivity index (χ1) is 5.65. The standard InChI is InChI=1S/C8H17N3O/c1-7(5-9)6-11-4-3-8(12)10(11)2/h7H,3-6,9H2,1-2H3. The van der Waals surface area contributed by atoms with Crippen LogP contribution in [0.3, 0.4) is 0 Å². The van der Waals surface area contributed by atoms with Crippen molar-refractivity contribution in [3.8, 4) is 0 Å². The summed E-state index contributed by atoms with van der Waals surface area (Å²) in [7, 11) is 1.82. The molecule has 0 aromatic rings. The highest BCUT2D eigenvalue weighted by Gasteiger charge is 2.25. The van der Waals surface area contributed by atoms with Crippen LogP contribution in [0.1, 0.15) is 13.3 Å².